The van der Waals surface area contributed by atoms with Crippen LogP contribution in [0.15, 0.2) is 0 Å². The zero-order chi connectivity index (χ0) is 7.72. The first-order chi connectivity index (χ1) is 4.61. The molecule has 1 aliphatic rings. The minimum atomic E-state index is -0.0147. The van der Waals surface area contributed by atoms with Gasteiger partial charge in [0, 0.05) is 0 Å². The molecule has 4 atom stereocenters. The van der Waals surface area contributed by atoms with E-state index in [1.165, 1.54) is 0 Å². The third-order valence-electron chi connectivity index (χ3n) is 1.69. The average Bonchev–Trinajstić information content (AvgIpc) is 1.84. The third-order valence-corrected chi connectivity index (χ3v) is 3.87. The van der Waals surface area contributed by atoms with Crippen molar-refractivity contribution in [1.29, 1.82) is 0 Å². The fourth-order valence-corrected chi connectivity index (χ4v) is 2.38. The Morgan fingerprint density at radius 3 is 1.00 bits per heavy atom. The Balaban J connectivity index is 2.46. The van der Waals surface area contributed by atoms with Crippen molar-refractivity contribution in [2.75, 3.05) is 0 Å². The molecule has 0 N–H and O–H groups in total. The molecule has 60 valence electrons. The Morgan fingerprint density at radius 1 is 0.600 bits per heavy atom. The molecule has 0 nitrogen and oxygen atoms in total. The highest BCUT2D eigenvalue weighted by Gasteiger charge is 2.32. The van der Waals surface area contributed by atoms with Gasteiger partial charge in [0.25, 0.3) is 0 Å². The third kappa shape index (κ3) is 2.07. The molecular weight excluding hydrogens is 214 g/mol. The predicted octanol–water partition coefficient (Wildman–Crippen LogP) is 3.21. The van der Waals surface area contributed by atoms with Gasteiger partial charge in [-0.3, -0.25) is 0 Å². The second kappa shape index (κ2) is 3.71. The summed E-state index contributed by atoms with van der Waals surface area (Å²) in [6.07, 6.45) is 1.43. The zero-order valence-electron chi connectivity index (χ0n) is 5.24. The van der Waals surface area contributed by atoms with Crippen LogP contribution in [0.3, 0.4) is 0 Å². The summed E-state index contributed by atoms with van der Waals surface area (Å²) in [4.78, 5) is 0. The fraction of sp³-hybridized carbons (Fsp3) is 1.00. The Morgan fingerprint density at radius 2 is 0.800 bits per heavy atom. The molecule has 1 saturated carbocycles. The van der Waals surface area contributed by atoms with Gasteiger partial charge in [-0.25, -0.2) is 0 Å². The zero-order valence-corrected chi connectivity index (χ0v) is 8.26. The molecule has 1 aliphatic carbocycles. The second-order valence-electron chi connectivity index (χ2n) is 2.54. The van der Waals surface area contributed by atoms with Gasteiger partial charge in [-0.05, 0) is 12.8 Å². The summed E-state index contributed by atoms with van der Waals surface area (Å²) in [6.45, 7) is 0. The predicted molar refractivity (Wildman–Crippen MR) is 47.8 cm³/mol. The van der Waals surface area contributed by atoms with Gasteiger partial charge in [0.1, 0.15) is 0 Å². The van der Waals surface area contributed by atoms with Crippen LogP contribution in [-0.4, -0.2) is 21.5 Å². The minimum absolute atomic E-state index is 0.0147. The van der Waals surface area contributed by atoms with E-state index in [1.54, 1.807) is 0 Å². The van der Waals surface area contributed by atoms with E-state index >= 15 is 0 Å². The van der Waals surface area contributed by atoms with Crippen LogP contribution < -0.4 is 0 Å². The lowest BCUT2D eigenvalue weighted by molar-refractivity contribution is 0.531. The van der Waals surface area contributed by atoms with Crippen LogP contribution in [0.1, 0.15) is 12.8 Å². The molecule has 0 saturated heterocycles. The molecule has 1 fully saturated rings. The summed E-state index contributed by atoms with van der Waals surface area (Å²) >= 11 is 23.4. The lowest BCUT2D eigenvalue weighted by Crippen LogP contribution is -2.34. The summed E-state index contributed by atoms with van der Waals surface area (Å²) in [7, 11) is 0. The Hall–Kier alpha value is 1.16. The smallest absolute Gasteiger partial charge is 0.0514 e. The quantitative estimate of drug-likeness (QED) is 0.552. The first kappa shape index (κ1) is 9.25. The summed E-state index contributed by atoms with van der Waals surface area (Å²) < 4.78 is 0. The molecule has 0 aromatic carbocycles. The summed E-state index contributed by atoms with van der Waals surface area (Å²) in [5, 5.41) is -0.0586. The van der Waals surface area contributed by atoms with E-state index < -0.39 is 0 Å². The van der Waals surface area contributed by atoms with Crippen LogP contribution in [0.4, 0.5) is 0 Å². The summed E-state index contributed by atoms with van der Waals surface area (Å²) in [5.41, 5.74) is 0. The lowest BCUT2D eigenvalue weighted by Gasteiger charge is -2.29. The highest BCUT2D eigenvalue weighted by Crippen LogP contribution is 2.33. The molecule has 0 radical (unpaired) electrons. The molecule has 0 aliphatic heterocycles. The van der Waals surface area contributed by atoms with E-state index in [0.29, 0.717) is 12.8 Å². The highest BCUT2D eigenvalue weighted by atomic mass is 35.5. The first-order valence-corrected chi connectivity index (χ1v) is 4.92. The molecule has 10 heavy (non-hydrogen) atoms. The molecule has 0 aromatic heterocycles. The van der Waals surface area contributed by atoms with Crippen molar-refractivity contribution in [2.24, 2.45) is 0 Å². The van der Waals surface area contributed by atoms with Crippen LogP contribution in [-0.2, 0) is 0 Å². The van der Waals surface area contributed by atoms with E-state index in [-0.39, 0.29) is 21.5 Å². The van der Waals surface area contributed by atoms with Gasteiger partial charge in [-0.2, -0.15) is 0 Å². The Labute approximate surface area is 80.8 Å². The molecule has 0 bridgehead atoms. The molecule has 0 heterocycles. The normalized spacial score (nSPS) is 49.2. The molecular formula is C6H8Cl4. The average molecular weight is 222 g/mol. The van der Waals surface area contributed by atoms with Crippen LogP contribution in [0, 0.1) is 0 Å². The van der Waals surface area contributed by atoms with E-state index in [2.05, 4.69) is 0 Å². The number of alkyl halides is 4. The monoisotopic (exact) mass is 220 g/mol. The van der Waals surface area contributed by atoms with Crippen molar-refractivity contribution in [2.45, 2.75) is 34.3 Å². The largest absolute Gasteiger partial charge is 0.121 e. The van der Waals surface area contributed by atoms with Gasteiger partial charge in [0.15, 0.2) is 0 Å². The molecule has 0 amide bonds. The number of hydrogen-bond acceptors (Lipinski definition) is 0. The number of hydrogen-bond donors (Lipinski definition) is 0. The number of rotatable bonds is 0. The van der Waals surface area contributed by atoms with E-state index in [1.807, 2.05) is 0 Å². The minimum Gasteiger partial charge on any atom is -0.121 e. The lowest BCUT2D eigenvalue weighted by atomic mass is 9.99. The molecule has 4 heteroatoms. The van der Waals surface area contributed by atoms with Gasteiger partial charge < -0.3 is 0 Å². The van der Waals surface area contributed by atoms with Crippen LogP contribution in [0.25, 0.3) is 0 Å². The maximum absolute atomic E-state index is 5.85. The van der Waals surface area contributed by atoms with Gasteiger partial charge in [0.2, 0.25) is 0 Å². The van der Waals surface area contributed by atoms with E-state index in [0.717, 1.165) is 0 Å². The number of halogens is 4. The molecule has 1 rings (SSSR count). The SMILES string of the molecule is Cl[C@@H]1C[C@@H](Cl)[C@@H](Cl)C[C@H]1Cl. The van der Waals surface area contributed by atoms with Gasteiger partial charge in [0.05, 0.1) is 21.5 Å². The topological polar surface area (TPSA) is 0 Å². The second-order valence-corrected chi connectivity index (χ2v) is 4.78. The maximum atomic E-state index is 5.85. The van der Waals surface area contributed by atoms with Crippen LogP contribution >= 0.6 is 46.4 Å². The first-order valence-electron chi connectivity index (χ1n) is 3.17. The van der Waals surface area contributed by atoms with E-state index in [9.17, 15) is 0 Å². The summed E-state index contributed by atoms with van der Waals surface area (Å²) in [5.74, 6) is 0. The van der Waals surface area contributed by atoms with Crippen LogP contribution in [0.2, 0.25) is 0 Å². The summed E-state index contributed by atoms with van der Waals surface area (Å²) in [6, 6.07) is 0. The Kier molecular flexibility index (Phi) is 3.43. The maximum Gasteiger partial charge on any atom is 0.0514 e. The van der Waals surface area contributed by atoms with Crippen molar-refractivity contribution >= 4 is 46.4 Å². The van der Waals surface area contributed by atoms with Crippen molar-refractivity contribution < 1.29 is 0 Å². The van der Waals surface area contributed by atoms with Crippen molar-refractivity contribution in [3.8, 4) is 0 Å². The molecule has 0 spiro atoms. The highest BCUT2D eigenvalue weighted by molar-refractivity contribution is 6.34. The van der Waals surface area contributed by atoms with Crippen molar-refractivity contribution in [1.82, 2.24) is 0 Å². The van der Waals surface area contributed by atoms with Gasteiger partial charge >= 0.3 is 0 Å². The molecule has 0 aromatic rings. The van der Waals surface area contributed by atoms with Gasteiger partial charge in [-0.15, -0.1) is 46.4 Å². The fourth-order valence-electron chi connectivity index (χ4n) is 1.02. The standard InChI is InChI=1S/C6H8Cl4/c7-3-1-4(8)6(10)2-5(3)9/h3-6H,1-2H2/t3-,4-,5-,6+/m1/s1. The Bertz CT molecular complexity index is 90.3. The van der Waals surface area contributed by atoms with Gasteiger partial charge in [-0.1, -0.05) is 0 Å². The van der Waals surface area contributed by atoms with Crippen molar-refractivity contribution in [3.05, 3.63) is 0 Å². The van der Waals surface area contributed by atoms with Crippen LogP contribution in [0.5, 0.6) is 0 Å². The van der Waals surface area contributed by atoms with E-state index in [4.69, 9.17) is 46.4 Å². The molecule has 0 unspecified atom stereocenters. The van der Waals surface area contributed by atoms with Crippen molar-refractivity contribution in [3.63, 3.8) is 0 Å².